The Kier molecular flexibility index (Phi) is 6.36. The van der Waals surface area contributed by atoms with E-state index >= 15 is 0 Å². The zero-order valence-corrected chi connectivity index (χ0v) is 15.9. The average molecular weight is 387 g/mol. The molecule has 26 heavy (non-hydrogen) atoms. The number of ether oxygens (including phenoxy) is 1. The van der Waals surface area contributed by atoms with Gasteiger partial charge >= 0.3 is 0 Å². The summed E-state index contributed by atoms with van der Waals surface area (Å²) in [5.41, 5.74) is 1.69. The van der Waals surface area contributed by atoms with Gasteiger partial charge in [0.15, 0.2) is 5.17 Å². The molecule has 2 aromatic rings. The molecule has 1 aliphatic rings. The van der Waals surface area contributed by atoms with E-state index in [4.69, 9.17) is 16.3 Å². The Balaban J connectivity index is 1.67. The van der Waals surface area contributed by atoms with E-state index in [-0.39, 0.29) is 5.91 Å². The fourth-order valence-corrected chi connectivity index (χ4v) is 3.23. The number of nitrogens with zero attached hydrogens (tertiary/aromatic N) is 1. The molecular weight excluding hydrogens is 368 g/mol. The molecule has 2 aromatic carbocycles. The zero-order chi connectivity index (χ0) is 18.4. The Labute approximate surface area is 162 Å². The Morgan fingerprint density at radius 2 is 1.88 bits per heavy atom. The number of unbranched alkanes of at least 4 members (excludes halogenated alkanes) is 1. The van der Waals surface area contributed by atoms with Crippen molar-refractivity contribution in [2.24, 2.45) is 4.99 Å². The third-order valence-electron chi connectivity index (χ3n) is 3.65. The Hall–Kier alpha value is -2.24. The lowest BCUT2D eigenvalue weighted by Crippen LogP contribution is -2.19. The normalized spacial score (nSPS) is 16.9. The summed E-state index contributed by atoms with van der Waals surface area (Å²) in [5, 5.41) is 3.99. The lowest BCUT2D eigenvalue weighted by molar-refractivity contribution is -0.115. The van der Waals surface area contributed by atoms with Crippen LogP contribution < -0.4 is 10.1 Å². The molecule has 0 aromatic heterocycles. The van der Waals surface area contributed by atoms with Gasteiger partial charge in [0.25, 0.3) is 5.91 Å². The fraction of sp³-hybridized carbons (Fsp3) is 0.200. The number of carbonyl (C=O) groups excluding carboxylic acids is 1. The molecule has 3 rings (SSSR count). The van der Waals surface area contributed by atoms with Crippen molar-refractivity contribution in [1.82, 2.24) is 5.32 Å². The summed E-state index contributed by atoms with van der Waals surface area (Å²) in [6.07, 6.45) is 4.00. The van der Waals surface area contributed by atoms with Crippen molar-refractivity contribution in [3.63, 3.8) is 0 Å². The van der Waals surface area contributed by atoms with Crippen LogP contribution in [0.3, 0.4) is 0 Å². The van der Waals surface area contributed by atoms with Crippen molar-refractivity contribution in [3.8, 4) is 5.75 Å². The SMILES string of the molecule is CCCCOc1ccc(C=C2SC(=Nc3ccc(Cl)cc3)NC2=O)cc1. The summed E-state index contributed by atoms with van der Waals surface area (Å²) in [6.45, 7) is 2.85. The third kappa shape index (κ3) is 5.13. The molecule has 1 heterocycles. The Morgan fingerprint density at radius 3 is 2.58 bits per heavy atom. The van der Waals surface area contributed by atoms with Gasteiger partial charge in [0.05, 0.1) is 17.2 Å². The number of amidine groups is 1. The number of hydrogen-bond donors (Lipinski definition) is 1. The van der Waals surface area contributed by atoms with Gasteiger partial charge in [-0.25, -0.2) is 4.99 Å². The molecule has 0 saturated carbocycles. The number of amides is 1. The highest BCUT2D eigenvalue weighted by Gasteiger charge is 2.23. The summed E-state index contributed by atoms with van der Waals surface area (Å²) >= 11 is 7.19. The van der Waals surface area contributed by atoms with Gasteiger partial charge in [-0.3, -0.25) is 4.79 Å². The molecular formula is C20H19ClN2O2S. The quantitative estimate of drug-likeness (QED) is 0.533. The van der Waals surface area contributed by atoms with Crippen LogP contribution in [0.4, 0.5) is 5.69 Å². The minimum atomic E-state index is -0.147. The van der Waals surface area contributed by atoms with Gasteiger partial charge in [-0.2, -0.15) is 0 Å². The minimum Gasteiger partial charge on any atom is -0.494 e. The van der Waals surface area contributed by atoms with Gasteiger partial charge < -0.3 is 10.1 Å². The molecule has 0 atom stereocenters. The predicted octanol–water partition coefficient (Wildman–Crippen LogP) is 5.41. The maximum atomic E-state index is 12.1. The zero-order valence-electron chi connectivity index (χ0n) is 14.4. The molecule has 4 nitrogen and oxygen atoms in total. The topological polar surface area (TPSA) is 50.7 Å². The van der Waals surface area contributed by atoms with Crippen molar-refractivity contribution in [1.29, 1.82) is 0 Å². The smallest absolute Gasteiger partial charge is 0.264 e. The molecule has 1 N–H and O–H groups in total. The van der Waals surface area contributed by atoms with E-state index in [1.807, 2.05) is 30.3 Å². The first-order valence-corrected chi connectivity index (χ1v) is 9.61. The first kappa shape index (κ1) is 18.5. The molecule has 0 radical (unpaired) electrons. The molecule has 0 bridgehead atoms. The number of aliphatic imine (C=N–C) groups is 1. The molecule has 0 unspecified atom stereocenters. The molecule has 0 aliphatic carbocycles. The van der Waals surface area contributed by atoms with Crippen LogP contribution in [0.25, 0.3) is 6.08 Å². The van der Waals surface area contributed by atoms with Crippen LogP contribution in [0.1, 0.15) is 25.3 Å². The molecule has 0 spiro atoms. The predicted molar refractivity (Wildman–Crippen MR) is 109 cm³/mol. The lowest BCUT2D eigenvalue weighted by atomic mass is 10.2. The summed E-state index contributed by atoms with van der Waals surface area (Å²) in [6, 6.07) is 14.9. The van der Waals surface area contributed by atoms with Crippen molar-refractivity contribution < 1.29 is 9.53 Å². The number of halogens is 1. The van der Waals surface area contributed by atoms with Crippen LogP contribution in [0, 0.1) is 0 Å². The Bertz CT molecular complexity index is 830. The number of benzene rings is 2. The van der Waals surface area contributed by atoms with Crippen LogP contribution in [-0.4, -0.2) is 17.7 Å². The second kappa shape index (κ2) is 8.92. The fourth-order valence-electron chi connectivity index (χ4n) is 2.26. The summed E-state index contributed by atoms with van der Waals surface area (Å²) in [4.78, 5) is 17.2. The third-order valence-corrected chi connectivity index (χ3v) is 4.81. The van der Waals surface area contributed by atoms with Crippen molar-refractivity contribution >= 4 is 46.2 Å². The Morgan fingerprint density at radius 1 is 1.15 bits per heavy atom. The molecule has 1 fully saturated rings. The number of carbonyl (C=O) groups is 1. The number of nitrogens with one attached hydrogen (secondary N) is 1. The highest BCUT2D eigenvalue weighted by molar-refractivity contribution is 8.18. The molecule has 1 amide bonds. The second-order valence-electron chi connectivity index (χ2n) is 5.73. The average Bonchev–Trinajstić information content (AvgIpc) is 2.98. The molecule has 6 heteroatoms. The van der Waals surface area contributed by atoms with Crippen LogP contribution in [-0.2, 0) is 4.79 Å². The molecule has 1 aliphatic heterocycles. The number of hydrogen-bond acceptors (Lipinski definition) is 4. The maximum Gasteiger partial charge on any atom is 0.264 e. The largest absolute Gasteiger partial charge is 0.494 e. The lowest BCUT2D eigenvalue weighted by Gasteiger charge is -2.05. The first-order valence-electron chi connectivity index (χ1n) is 8.42. The van der Waals surface area contributed by atoms with Gasteiger partial charge in [0.2, 0.25) is 0 Å². The van der Waals surface area contributed by atoms with Gasteiger partial charge in [0.1, 0.15) is 5.75 Å². The van der Waals surface area contributed by atoms with E-state index in [9.17, 15) is 4.79 Å². The summed E-state index contributed by atoms with van der Waals surface area (Å²) < 4.78 is 5.65. The van der Waals surface area contributed by atoms with E-state index in [1.165, 1.54) is 11.8 Å². The van der Waals surface area contributed by atoms with Gasteiger partial charge in [0, 0.05) is 5.02 Å². The minimum absolute atomic E-state index is 0.147. The summed E-state index contributed by atoms with van der Waals surface area (Å²) in [7, 11) is 0. The van der Waals surface area contributed by atoms with E-state index < -0.39 is 0 Å². The van der Waals surface area contributed by atoms with E-state index in [0.717, 1.165) is 36.4 Å². The van der Waals surface area contributed by atoms with E-state index in [1.54, 1.807) is 24.3 Å². The van der Waals surface area contributed by atoms with Gasteiger partial charge in [-0.05, 0) is 66.2 Å². The standard InChI is InChI=1S/C20H19ClN2O2S/c1-2-3-12-25-17-10-4-14(5-11-17)13-18-19(24)23-20(26-18)22-16-8-6-15(21)7-9-16/h4-11,13H,2-3,12H2,1H3,(H,22,23,24). The van der Waals surface area contributed by atoms with Crippen LogP contribution in [0.15, 0.2) is 58.4 Å². The van der Waals surface area contributed by atoms with E-state index in [0.29, 0.717) is 15.1 Å². The monoisotopic (exact) mass is 386 g/mol. The highest BCUT2D eigenvalue weighted by Crippen LogP contribution is 2.28. The van der Waals surface area contributed by atoms with Crippen molar-refractivity contribution in [2.45, 2.75) is 19.8 Å². The molecule has 134 valence electrons. The summed E-state index contributed by atoms with van der Waals surface area (Å²) in [5.74, 6) is 0.695. The van der Waals surface area contributed by atoms with Crippen molar-refractivity contribution in [3.05, 3.63) is 64.0 Å². The molecule has 1 saturated heterocycles. The van der Waals surface area contributed by atoms with Crippen LogP contribution in [0.5, 0.6) is 5.75 Å². The first-order chi connectivity index (χ1) is 12.6. The van der Waals surface area contributed by atoms with Crippen molar-refractivity contribution in [2.75, 3.05) is 6.61 Å². The highest BCUT2D eigenvalue weighted by atomic mass is 35.5. The van der Waals surface area contributed by atoms with E-state index in [2.05, 4.69) is 17.2 Å². The number of rotatable bonds is 6. The van der Waals surface area contributed by atoms with Gasteiger partial charge in [-0.15, -0.1) is 0 Å². The van der Waals surface area contributed by atoms with Crippen LogP contribution in [0.2, 0.25) is 5.02 Å². The number of thioether (sulfide) groups is 1. The second-order valence-corrected chi connectivity index (χ2v) is 7.20. The maximum absolute atomic E-state index is 12.1. The van der Waals surface area contributed by atoms with Gasteiger partial charge in [-0.1, -0.05) is 37.1 Å². The van der Waals surface area contributed by atoms with Crippen LogP contribution >= 0.6 is 23.4 Å².